The van der Waals surface area contributed by atoms with E-state index in [9.17, 15) is 5.11 Å². The second kappa shape index (κ2) is 3.99. The highest BCUT2D eigenvalue weighted by Gasteiger charge is 2.06. The van der Waals surface area contributed by atoms with Gasteiger partial charge in [-0.15, -0.1) is 0 Å². The van der Waals surface area contributed by atoms with Gasteiger partial charge in [0.2, 0.25) is 0 Å². The Labute approximate surface area is 98.2 Å². The zero-order valence-corrected chi connectivity index (χ0v) is 9.11. The number of aliphatic hydroxyl groups is 1. The molecule has 0 amide bonds. The average Bonchev–Trinajstić information content (AvgIpc) is 2.91. The van der Waals surface area contributed by atoms with Crippen LogP contribution in [-0.2, 0) is 6.61 Å². The van der Waals surface area contributed by atoms with Crippen molar-refractivity contribution in [2.75, 3.05) is 0 Å². The number of hydrogen-bond acceptors (Lipinski definition) is 3. The van der Waals surface area contributed by atoms with Crippen LogP contribution in [0.2, 0.25) is 0 Å². The lowest BCUT2D eigenvalue weighted by Crippen LogP contribution is -2.00. The summed E-state index contributed by atoms with van der Waals surface area (Å²) in [4.78, 5) is 4.37. The summed E-state index contributed by atoms with van der Waals surface area (Å²) in [5.74, 6) is 0. The lowest BCUT2D eigenvalue weighted by atomic mass is 10.1. The van der Waals surface area contributed by atoms with Crippen LogP contribution in [0.5, 0.6) is 0 Å². The Morgan fingerprint density at radius 3 is 2.82 bits per heavy atom. The maximum absolute atomic E-state index is 9.23. The molecule has 0 unspecified atom stereocenters. The van der Waals surface area contributed by atoms with Crippen LogP contribution in [-0.4, -0.2) is 19.9 Å². The van der Waals surface area contributed by atoms with Gasteiger partial charge in [-0.1, -0.05) is 18.2 Å². The fourth-order valence-electron chi connectivity index (χ4n) is 1.89. The second-order valence-corrected chi connectivity index (χ2v) is 3.76. The largest absolute Gasteiger partial charge is 0.390 e. The van der Waals surface area contributed by atoms with E-state index in [4.69, 9.17) is 0 Å². The summed E-state index contributed by atoms with van der Waals surface area (Å²) in [7, 11) is 0. The Bertz CT molecular complexity index is 647. The maximum atomic E-state index is 9.23. The van der Waals surface area contributed by atoms with Crippen molar-refractivity contribution in [3.63, 3.8) is 0 Å². The summed E-state index contributed by atoms with van der Waals surface area (Å²) < 4.78 is 1.78. The molecule has 0 atom stereocenters. The van der Waals surface area contributed by atoms with Crippen LogP contribution >= 0.6 is 0 Å². The van der Waals surface area contributed by atoms with Crippen molar-refractivity contribution in [2.45, 2.75) is 6.61 Å². The predicted octanol–water partition coefficient (Wildman–Crippen LogP) is 1.91. The molecule has 0 aliphatic carbocycles. The standard InChI is InChI=1S/C13H11N3O/c17-9-10-8-13(16-7-3-6-14-16)11-4-1-2-5-12(11)15-10/h1-8,17H,9H2. The van der Waals surface area contributed by atoms with E-state index in [1.165, 1.54) is 0 Å². The van der Waals surface area contributed by atoms with Gasteiger partial charge in [0.15, 0.2) is 0 Å². The maximum Gasteiger partial charge on any atom is 0.0854 e. The topological polar surface area (TPSA) is 50.9 Å². The van der Waals surface area contributed by atoms with Gasteiger partial charge in [0.25, 0.3) is 0 Å². The second-order valence-electron chi connectivity index (χ2n) is 3.76. The van der Waals surface area contributed by atoms with Gasteiger partial charge in [-0.3, -0.25) is 4.98 Å². The molecule has 2 aromatic heterocycles. The minimum absolute atomic E-state index is 0.0703. The molecule has 0 spiro atoms. The number of pyridine rings is 1. The first-order chi connectivity index (χ1) is 8.38. The molecule has 1 N–H and O–H groups in total. The number of fused-ring (bicyclic) bond motifs is 1. The van der Waals surface area contributed by atoms with Crippen LogP contribution in [0, 0.1) is 0 Å². The number of hydrogen-bond donors (Lipinski definition) is 1. The molecule has 1 aromatic carbocycles. The van der Waals surface area contributed by atoms with Gasteiger partial charge >= 0.3 is 0 Å². The summed E-state index contributed by atoms with van der Waals surface area (Å²) in [5.41, 5.74) is 2.45. The fourth-order valence-corrected chi connectivity index (χ4v) is 1.89. The van der Waals surface area contributed by atoms with Crippen molar-refractivity contribution in [3.8, 4) is 5.69 Å². The monoisotopic (exact) mass is 225 g/mol. The Balaban J connectivity index is 2.35. The summed E-state index contributed by atoms with van der Waals surface area (Å²) in [6.07, 6.45) is 3.61. The van der Waals surface area contributed by atoms with Gasteiger partial charge < -0.3 is 5.11 Å². The summed E-state index contributed by atoms with van der Waals surface area (Å²) in [6.45, 7) is -0.0703. The van der Waals surface area contributed by atoms with E-state index >= 15 is 0 Å². The molecule has 3 aromatic rings. The van der Waals surface area contributed by atoms with Crippen LogP contribution in [0.15, 0.2) is 48.8 Å². The number of para-hydroxylation sites is 1. The molecule has 4 heteroatoms. The highest BCUT2D eigenvalue weighted by Crippen LogP contribution is 2.21. The first-order valence-corrected chi connectivity index (χ1v) is 5.38. The molecule has 0 saturated carbocycles. The number of aromatic nitrogens is 3. The van der Waals surface area contributed by atoms with Crippen LogP contribution in [0.1, 0.15) is 5.69 Å². The molecule has 84 valence electrons. The van der Waals surface area contributed by atoms with Gasteiger partial charge in [0.1, 0.15) is 0 Å². The van der Waals surface area contributed by atoms with E-state index in [1.807, 2.05) is 42.6 Å². The van der Waals surface area contributed by atoms with Crippen molar-refractivity contribution in [1.29, 1.82) is 0 Å². The van der Waals surface area contributed by atoms with E-state index < -0.39 is 0 Å². The third-order valence-corrected chi connectivity index (χ3v) is 2.66. The van der Waals surface area contributed by atoms with Crippen LogP contribution in [0.25, 0.3) is 16.6 Å². The highest BCUT2D eigenvalue weighted by molar-refractivity contribution is 5.87. The smallest absolute Gasteiger partial charge is 0.0854 e. The Kier molecular flexibility index (Phi) is 2.34. The molecular weight excluding hydrogens is 214 g/mol. The average molecular weight is 225 g/mol. The van der Waals surface area contributed by atoms with Gasteiger partial charge in [-0.05, 0) is 18.2 Å². The molecule has 0 bridgehead atoms. The van der Waals surface area contributed by atoms with Crippen molar-refractivity contribution in [3.05, 3.63) is 54.5 Å². The third kappa shape index (κ3) is 1.68. The number of rotatable bonds is 2. The van der Waals surface area contributed by atoms with Crippen LogP contribution < -0.4 is 0 Å². The minimum Gasteiger partial charge on any atom is -0.390 e. The van der Waals surface area contributed by atoms with Gasteiger partial charge in [0.05, 0.1) is 23.5 Å². The number of benzene rings is 1. The molecule has 3 rings (SSSR count). The molecule has 0 aliphatic rings. The molecule has 0 radical (unpaired) electrons. The van der Waals surface area contributed by atoms with Crippen molar-refractivity contribution in [2.24, 2.45) is 0 Å². The molecule has 17 heavy (non-hydrogen) atoms. The third-order valence-electron chi connectivity index (χ3n) is 2.66. The first kappa shape index (κ1) is 9.99. The van der Waals surface area contributed by atoms with Gasteiger partial charge in [-0.2, -0.15) is 5.10 Å². The molecule has 4 nitrogen and oxygen atoms in total. The van der Waals surface area contributed by atoms with Crippen LogP contribution in [0.4, 0.5) is 0 Å². The number of nitrogens with zero attached hydrogens (tertiary/aromatic N) is 3. The quantitative estimate of drug-likeness (QED) is 0.724. The van der Waals surface area contributed by atoms with Crippen molar-refractivity contribution in [1.82, 2.24) is 14.8 Å². The zero-order chi connectivity index (χ0) is 11.7. The van der Waals surface area contributed by atoms with E-state index in [-0.39, 0.29) is 6.61 Å². The molecule has 0 saturated heterocycles. The Morgan fingerprint density at radius 2 is 2.06 bits per heavy atom. The van der Waals surface area contributed by atoms with Crippen molar-refractivity contribution < 1.29 is 5.11 Å². The normalized spacial score (nSPS) is 10.9. The van der Waals surface area contributed by atoms with Gasteiger partial charge in [0, 0.05) is 17.8 Å². The van der Waals surface area contributed by atoms with E-state index in [0.717, 1.165) is 16.6 Å². The molecule has 2 heterocycles. The fraction of sp³-hybridized carbons (Fsp3) is 0.0769. The van der Waals surface area contributed by atoms with E-state index in [0.29, 0.717) is 5.69 Å². The summed E-state index contributed by atoms with van der Waals surface area (Å²) in [5, 5.41) is 14.5. The van der Waals surface area contributed by atoms with Crippen molar-refractivity contribution >= 4 is 10.9 Å². The van der Waals surface area contributed by atoms with E-state index in [2.05, 4.69) is 10.1 Å². The first-order valence-electron chi connectivity index (χ1n) is 5.38. The van der Waals surface area contributed by atoms with E-state index in [1.54, 1.807) is 10.9 Å². The predicted molar refractivity (Wildman–Crippen MR) is 64.8 cm³/mol. The number of aliphatic hydroxyl groups excluding tert-OH is 1. The van der Waals surface area contributed by atoms with Crippen LogP contribution in [0.3, 0.4) is 0 Å². The molecule has 0 fully saturated rings. The Hall–Kier alpha value is -2.20. The van der Waals surface area contributed by atoms with Gasteiger partial charge in [-0.25, -0.2) is 4.68 Å². The SMILES string of the molecule is OCc1cc(-n2cccn2)c2ccccc2n1. The minimum atomic E-state index is -0.0703. The summed E-state index contributed by atoms with van der Waals surface area (Å²) >= 11 is 0. The molecular formula is C13H11N3O. The highest BCUT2D eigenvalue weighted by atomic mass is 16.3. The zero-order valence-electron chi connectivity index (χ0n) is 9.11. The summed E-state index contributed by atoms with van der Waals surface area (Å²) in [6, 6.07) is 11.6. The lowest BCUT2D eigenvalue weighted by Gasteiger charge is -2.08. The molecule has 0 aliphatic heterocycles. The Morgan fingerprint density at radius 1 is 1.18 bits per heavy atom. The lowest BCUT2D eigenvalue weighted by molar-refractivity contribution is 0.277.